The smallest absolute Gasteiger partial charge is 0.241 e. The molecule has 0 radical (unpaired) electrons. The molecular weight excluding hydrogens is 248 g/mol. The molecule has 1 rings (SSSR count). The Hall–Kier alpha value is -1.04. The lowest BCUT2D eigenvalue weighted by molar-refractivity contribution is -0.132. The zero-order valence-electron chi connectivity index (χ0n) is 10.8. The summed E-state index contributed by atoms with van der Waals surface area (Å²) in [5, 5.41) is 8.84. The molecule has 0 aromatic heterocycles. The van der Waals surface area contributed by atoms with E-state index >= 15 is 0 Å². The van der Waals surface area contributed by atoms with E-state index in [0.29, 0.717) is 6.54 Å². The molecule has 1 atom stereocenters. The van der Waals surface area contributed by atoms with E-state index in [1.807, 2.05) is 24.3 Å². The third-order valence-electron chi connectivity index (χ3n) is 2.54. The molecule has 0 spiro atoms. The van der Waals surface area contributed by atoms with Crippen molar-refractivity contribution in [2.45, 2.75) is 24.4 Å². The Labute approximate surface area is 112 Å². The molecule has 0 fully saturated rings. The second-order valence-electron chi connectivity index (χ2n) is 4.06. The van der Waals surface area contributed by atoms with E-state index in [9.17, 15) is 4.79 Å². The fourth-order valence-corrected chi connectivity index (χ4v) is 2.23. The van der Waals surface area contributed by atoms with Gasteiger partial charge in [0.25, 0.3) is 0 Å². The first-order valence-electron chi connectivity index (χ1n) is 5.91. The minimum atomic E-state index is -0.829. The lowest BCUT2D eigenvalue weighted by Gasteiger charge is -2.20. The molecule has 0 saturated carbocycles. The molecular formula is C13H20N2O2S. The van der Waals surface area contributed by atoms with Crippen LogP contribution in [-0.2, 0) is 11.3 Å². The van der Waals surface area contributed by atoms with Crippen molar-refractivity contribution >= 4 is 17.7 Å². The van der Waals surface area contributed by atoms with E-state index in [0.717, 1.165) is 11.3 Å². The Bertz CT molecular complexity index is 381. The first kappa shape index (κ1) is 15.0. The summed E-state index contributed by atoms with van der Waals surface area (Å²) in [5.41, 5.74) is 6.54. The average Bonchev–Trinajstić information content (AvgIpc) is 2.39. The Morgan fingerprint density at radius 1 is 1.44 bits per heavy atom. The number of aliphatic hydroxyl groups excluding tert-OH is 1. The van der Waals surface area contributed by atoms with Crippen molar-refractivity contribution in [3.05, 3.63) is 29.8 Å². The molecule has 1 aromatic carbocycles. The normalized spacial score (nSPS) is 12.2. The van der Waals surface area contributed by atoms with Gasteiger partial charge in [0.1, 0.15) is 6.04 Å². The van der Waals surface area contributed by atoms with Gasteiger partial charge < -0.3 is 15.7 Å². The molecule has 4 nitrogen and oxygen atoms in total. The van der Waals surface area contributed by atoms with Crippen LogP contribution >= 0.6 is 11.8 Å². The van der Waals surface area contributed by atoms with E-state index in [2.05, 4.69) is 6.92 Å². The molecule has 5 heteroatoms. The highest BCUT2D eigenvalue weighted by Crippen LogP contribution is 2.18. The lowest BCUT2D eigenvalue weighted by atomic mass is 10.2. The Balaban J connectivity index is 2.59. The van der Waals surface area contributed by atoms with Crippen LogP contribution in [0, 0.1) is 0 Å². The summed E-state index contributed by atoms with van der Waals surface area (Å²) in [5.74, 6) is 0.799. The quantitative estimate of drug-likeness (QED) is 0.758. The maximum atomic E-state index is 11.7. The maximum absolute atomic E-state index is 11.7. The van der Waals surface area contributed by atoms with Gasteiger partial charge in [-0.25, -0.2) is 0 Å². The van der Waals surface area contributed by atoms with Gasteiger partial charge in [-0.2, -0.15) is 0 Å². The van der Waals surface area contributed by atoms with Crippen molar-refractivity contribution in [2.75, 3.05) is 19.4 Å². The van der Waals surface area contributed by atoms with Crippen LogP contribution in [0.15, 0.2) is 29.2 Å². The molecule has 3 N–H and O–H groups in total. The Morgan fingerprint density at radius 3 is 2.56 bits per heavy atom. The van der Waals surface area contributed by atoms with Crippen LogP contribution in [0.3, 0.4) is 0 Å². The van der Waals surface area contributed by atoms with E-state index in [-0.39, 0.29) is 12.5 Å². The third-order valence-corrected chi connectivity index (χ3v) is 3.44. The van der Waals surface area contributed by atoms with Crippen LogP contribution in [0.2, 0.25) is 0 Å². The highest BCUT2D eigenvalue weighted by Gasteiger charge is 2.16. The topological polar surface area (TPSA) is 66.6 Å². The number of carbonyl (C=O) groups is 1. The van der Waals surface area contributed by atoms with Crippen LogP contribution in [-0.4, -0.2) is 41.4 Å². The van der Waals surface area contributed by atoms with E-state index in [1.54, 1.807) is 18.8 Å². The highest BCUT2D eigenvalue weighted by molar-refractivity contribution is 7.99. The Morgan fingerprint density at radius 2 is 2.06 bits per heavy atom. The van der Waals surface area contributed by atoms with Crippen molar-refractivity contribution < 1.29 is 9.90 Å². The molecule has 0 bridgehead atoms. The largest absolute Gasteiger partial charge is 0.394 e. The van der Waals surface area contributed by atoms with Crippen LogP contribution in [0.4, 0.5) is 0 Å². The molecule has 100 valence electrons. The fraction of sp³-hybridized carbons (Fsp3) is 0.462. The van der Waals surface area contributed by atoms with Gasteiger partial charge in [0.15, 0.2) is 0 Å². The zero-order chi connectivity index (χ0) is 13.5. The van der Waals surface area contributed by atoms with Crippen molar-refractivity contribution in [3.63, 3.8) is 0 Å². The summed E-state index contributed by atoms with van der Waals surface area (Å²) in [6.45, 7) is 2.29. The SMILES string of the molecule is CCSc1ccc(CN(C)C(=O)C(N)CO)cc1. The van der Waals surface area contributed by atoms with Crippen LogP contribution in [0.25, 0.3) is 0 Å². The number of nitrogens with two attached hydrogens (primary N) is 1. The highest BCUT2D eigenvalue weighted by atomic mass is 32.2. The summed E-state index contributed by atoms with van der Waals surface area (Å²) in [4.78, 5) is 14.4. The summed E-state index contributed by atoms with van der Waals surface area (Å²) in [6, 6.07) is 7.28. The number of likely N-dealkylation sites (N-methyl/N-ethyl adjacent to an activating group) is 1. The Kier molecular flexibility index (Phi) is 6.18. The van der Waals surface area contributed by atoms with Gasteiger partial charge in [-0.15, -0.1) is 11.8 Å². The van der Waals surface area contributed by atoms with Gasteiger partial charge in [0, 0.05) is 18.5 Å². The summed E-state index contributed by atoms with van der Waals surface area (Å²) < 4.78 is 0. The van der Waals surface area contributed by atoms with E-state index < -0.39 is 6.04 Å². The average molecular weight is 268 g/mol. The second kappa shape index (κ2) is 7.41. The monoisotopic (exact) mass is 268 g/mol. The van der Waals surface area contributed by atoms with Crippen molar-refractivity contribution in [1.82, 2.24) is 4.90 Å². The minimum Gasteiger partial charge on any atom is -0.394 e. The third kappa shape index (κ3) is 4.33. The van der Waals surface area contributed by atoms with Crippen molar-refractivity contribution in [2.24, 2.45) is 5.73 Å². The summed E-state index contributed by atoms with van der Waals surface area (Å²) in [7, 11) is 1.69. The fourth-order valence-electron chi connectivity index (χ4n) is 1.57. The van der Waals surface area contributed by atoms with Crippen LogP contribution in [0.1, 0.15) is 12.5 Å². The first-order chi connectivity index (χ1) is 8.58. The van der Waals surface area contributed by atoms with Crippen molar-refractivity contribution in [3.8, 4) is 0 Å². The second-order valence-corrected chi connectivity index (χ2v) is 5.40. The van der Waals surface area contributed by atoms with Crippen molar-refractivity contribution in [1.29, 1.82) is 0 Å². The van der Waals surface area contributed by atoms with Crippen LogP contribution in [0.5, 0.6) is 0 Å². The molecule has 0 aliphatic carbocycles. The number of thioether (sulfide) groups is 1. The van der Waals surface area contributed by atoms with Gasteiger partial charge in [-0.1, -0.05) is 19.1 Å². The lowest BCUT2D eigenvalue weighted by Crippen LogP contribution is -2.43. The van der Waals surface area contributed by atoms with Gasteiger partial charge in [0.2, 0.25) is 5.91 Å². The first-order valence-corrected chi connectivity index (χ1v) is 6.90. The predicted octanol–water partition coefficient (Wildman–Crippen LogP) is 1.08. The molecule has 1 unspecified atom stereocenters. The number of aliphatic hydroxyl groups is 1. The summed E-state index contributed by atoms with van der Waals surface area (Å²) >= 11 is 1.78. The van der Waals surface area contributed by atoms with Gasteiger partial charge in [-0.3, -0.25) is 4.79 Å². The number of carbonyl (C=O) groups excluding carboxylic acids is 1. The summed E-state index contributed by atoms with van der Waals surface area (Å²) in [6.07, 6.45) is 0. The zero-order valence-corrected chi connectivity index (χ0v) is 11.6. The van der Waals surface area contributed by atoms with E-state index in [1.165, 1.54) is 9.80 Å². The number of benzene rings is 1. The number of hydrogen-bond acceptors (Lipinski definition) is 4. The molecule has 0 saturated heterocycles. The van der Waals surface area contributed by atoms with Gasteiger partial charge in [0.05, 0.1) is 6.61 Å². The maximum Gasteiger partial charge on any atom is 0.241 e. The van der Waals surface area contributed by atoms with Crippen LogP contribution < -0.4 is 5.73 Å². The predicted molar refractivity (Wildman–Crippen MR) is 74.4 cm³/mol. The molecule has 1 aromatic rings. The van der Waals surface area contributed by atoms with Gasteiger partial charge >= 0.3 is 0 Å². The van der Waals surface area contributed by atoms with Gasteiger partial charge in [-0.05, 0) is 23.4 Å². The standard InChI is InChI=1S/C13H20N2O2S/c1-3-18-11-6-4-10(5-7-11)8-15(2)13(17)12(14)9-16/h4-7,12,16H,3,8-9,14H2,1-2H3. The number of rotatable bonds is 6. The number of hydrogen-bond donors (Lipinski definition) is 2. The minimum absolute atomic E-state index is 0.246. The molecule has 1 amide bonds. The molecule has 18 heavy (non-hydrogen) atoms. The number of nitrogens with zero attached hydrogens (tertiary/aromatic N) is 1. The molecule has 0 aliphatic rings. The molecule has 0 aliphatic heterocycles. The van der Waals surface area contributed by atoms with E-state index in [4.69, 9.17) is 10.8 Å². The number of amides is 1. The molecule has 0 heterocycles.